The molecule has 0 amide bonds. The van der Waals surface area contributed by atoms with Gasteiger partial charge in [-0.05, 0) is 38.6 Å². The maximum absolute atomic E-state index is 4.30. The molecule has 0 spiro atoms. The molecule has 0 radical (unpaired) electrons. The number of hydrogen-bond donors (Lipinski definition) is 2. The summed E-state index contributed by atoms with van der Waals surface area (Å²) in [7, 11) is 4.04. The Kier molecular flexibility index (Phi) is 9.77. The average Bonchev–Trinajstić information content (AvgIpc) is 2.65. The molecule has 2 N–H and O–H groups in total. The zero-order valence-electron chi connectivity index (χ0n) is 15.7. The first-order valence-corrected chi connectivity index (χ1v) is 10.3. The highest BCUT2D eigenvalue weighted by Crippen LogP contribution is 2.15. The molecular formula is C19H33N5S. The Morgan fingerprint density at radius 2 is 1.76 bits per heavy atom. The second-order valence-corrected chi connectivity index (χ2v) is 7.61. The standard InChI is InChI=1S/C19H33N5S/c1-20-19(22-11-17-25-18-8-4-3-5-9-18)21-10-6-7-12-24-15-13-23(2)14-16-24/h3-5,8-9H,6-7,10-17H2,1-2H3,(H2,20,21,22). The van der Waals surface area contributed by atoms with E-state index in [1.807, 2.05) is 18.8 Å². The quantitative estimate of drug-likeness (QED) is 0.304. The fraction of sp³-hybridized carbons (Fsp3) is 0.632. The lowest BCUT2D eigenvalue weighted by Gasteiger charge is -2.32. The van der Waals surface area contributed by atoms with E-state index >= 15 is 0 Å². The van der Waals surface area contributed by atoms with E-state index in [0.29, 0.717) is 0 Å². The monoisotopic (exact) mass is 363 g/mol. The average molecular weight is 364 g/mol. The predicted molar refractivity (Wildman–Crippen MR) is 110 cm³/mol. The number of unbranched alkanes of at least 4 members (excludes halogenated alkanes) is 1. The molecular weight excluding hydrogens is 330 g/mol. The van der Waals surface area contributed by atoms with Crippen LogP contribution >= 0.6 is 11.8 Å². The van der Waals surface area contributed by atoms with Crippen LogP contribution in [0.3, 0.4) is 0 Å². The molecule has 2 rings (SSSR count). The van der Waals surface area contributed by atoms with Crippen LogP contribution in [0.15, 0.2) is 40.2 Å². The zero-order valence-corrected chi connectivity index (χ0v) is 16.5. The van der Waals surface area contributed by atoms with Crippen LogP contribution in [-0.2, 0) is 0 Å². The molecule has 1 aromatic rings. The molecule has 0 saturated carbocycles. The van der Waals surface area contributed by atoms with Crippen LogP contribution in [0.2, 0.25) is 0 Å². The number of likely N-dealkylation sites (N-methyl/N-ethyl adjacent to an activating group) is 1. The summed E-state index contributed by atoms with van der Waals surface area (Å²) in [5.41, 5.74) is 0. The Bertz CT molecular complexity index is 486. The fourth-order valence-electron chi connectivity index (χ4n) is 2.81. The van der Waals surface area contributed by atoms with Gasteiger partial charge in [0, 0.05) is 57.0 Å². The minimum absolute atomic E-state index is 0.910. The van der Waals surface area contributed by atoms with E-state index in [4.69, 9.17) is 0 Å². The maximum atomic E-state index is 4.30. The van der Waals surface area contributed by atoms with E-state index in [9.17, 15) is 0 Å². The number of guanidine groups is 1. The van der Waals surface area contributed by atoms with Crippen LogP contribution in [-0.4, -0.2) is 81.4 Å². The second kappa shape index (κ2) is 12.2. The minimum atomic E-state index is 0.910. The van der Waals surface area contributed by atoms with Gasteiger partial charge in [0.15, 0.2) is 5.96 Å². The number of piperazine rings is 1. The number of aliphatic imine (C=N–C) groups is 1. The van der Waals surface area contributed by atoms with Gasteiger partial charge in [-0.25, -0.2) is 0 Å². The lowest BCUT2D eigenvalue weighted by atomic mass is 10.2. The number of benzene rings is 1. The van der Waals surface area contributed by atoms with Crippen LogP contribution in [0.5, 0.6) is 0 Å². The Balaban J connectivity index is 1.47. The molecule has 1 heterocycles. The van der Waals surface area contributed by atoms with Crippen molar-refractivity contribution in [2.45, 2.75) is 17.7 Å². The van der Waals surface area contributed by atoms with Gasteiger partial charge in [-0.2, -0.15) is 0 Å². The molecule has 140 valence electrons. The predicted octanol–water partition coefficient (Wildman–Crippen LogP) is 1.97. The van der Waals surface area contributed by atoms with Crippen LogP contribution in [0.25, 0.3) is 0 Å². The number of rotatable bonds is 9. The summed E-state index contributed by atoms with van der Waals surface area (Å²) in [5, 5.41) is 6.80. The summed E-state index contributed by atoms with van der Waals surface area (Å²) < 4.78 is 0. The lowest BCUT2D eigenvalue weighted by Crippen LogP contribution is -2.44. The Morgan fingerprint density at radius 1 is 1.04 bits per heavy atom. The SMILES string of the molecule is CN=C(NCCCCN1CCN(C)CC1)NCCSc1ccccc1. The molecule has 1 aliphatic heterocycles. The minimum Gasteiger partial charge on any atom is -0.356 e. The summed E-state index contributed by atoms with van der Waals surface area (Å²) in [4.78, 5) is 10.6. The summed E-state index contributed by atoms with van der Waals surface area (Å²) in [6.07, 6.45) is 2.43. The molecule has 1 aliphatic rings. The fourth-order valence-corrected chi connectivity index (χ4v) is 3.60. The highest BCUT2D eigenvalue weighted by Gasteiger charge is 2.12. The Hall–Kier alpha value is -1.24. The lowest BCUT2D eigenvalue weighted by molar-refractivity contribution is 0.152. The summed E-state index contributed by atoms with van der Waals surface area (Å²) in [5.74, 6) is 1.95. The third kappa shape index (κ3) is 8.61. The second-order valence-electron chi connectivity index (χ2n) is 6.44. The largest absolute Gasteiger partial charge is 0.356 e. The summed E-state index contributed by atoms with van der Waals surface area (Å²) in [6.45, 7) is 7.96. The van der Waals surface area contributed by atoms with Gasteiger partial charge >= 0.3 is 0 Å². The van der Waals surface area contributed by atoms with E-state index in [2.05, 4.69) is 62.8 Å². The van der Waals surface area contributed by atoms with Crippen molar-refractivity contribution < 1.29 is 0 Å². The van der Waals surface area contributed by atoms with Gasteiger partial charge in [0.05, 0.1) is 0 Å². The number of nitrogens with one attached hydrogen (secondary N) is 2. The third-order valence-corrected chi connectivity index (χ3v) is 5.43. The molecule has 1 aromatic carbocycles. The van der Waals surface area contributed by atoms with Gasteiger partial charge in [0.25, 0.3) is 0 Å². The van der Waals surface area contributed by atoms with Gasteiger partial charge in [-0.15, -0.1) is 11.8 Å². The highest BCUT2D eigenvalue weighted by molar-refractivity contribution is 7.99. The van der Waals surface area contributed by atoms with Gasteiger partial charge in [0.1, 0.15) is 0 Å². The molecule has 5 nitrogen and oxygen atoms in total. The normalized spacial score (nSPS) is 16.8. The molecule has 0 aromatic heterocycles. The van der Waals surface area contributed by atoms with Crippen molar-refractivity contribution in [2.75, 3.05) is 65.7 Å². The number of hydrogen-bond acceptors (Lipinski definition) is 4. The van der Waals surface area contributed by atoms with Crippen molar-refractivity contribution in [1.82, 2.24) is 20.4 Å². The third-order valence-electron chi connectivity index (χ3n) is 4.42. The maximum Gasteiger partial charge on any atom is 0.191 e. The number of nitrogens with zero attached hydrogens (tertiary/aromatic N) is 3. The zero-order chi connectivity index (χ0) is 17.7. The van der Waals surface area contributed by atoms with Gasteiger partial charge in [-0.3, -0.25) is 4.99 Å². The first-order chi connectivity index (χ1) is 12.3. The van der Waals surface area contributed by atoms with Gasteiger partial charge in [-0.1, -0.05) is 18.2 Å². The molecule has 0 unspecified atom stereocenters. The van der Waals surface area contributed by atoms with E-state index < -0.39 is 0 Å². The van der Waals surface area contributed by atoms with Crippen molar-refractivity contribution in [2.24, 2.45) is 4.99 Å². The Morgan fingerprint density at radius 3 is 2.48 bits per heavy atom. The van der Waals surface area contributed by atoms with Crippen LogP contribution in [0, 0.1) is 0 Å². The smallest absolute Gasteiger partial charge is 0.191 e. The van der Waals surface area contributed by atoms with E-state index in [1.54, 1.807) is 0 Å². The van der Waals surface area contributed by atoms with Gasteiger partial charge in [0.2, 0.25) is 0 Å². The molecule has 0 bridgehead atoms. The molecule has 0 atom stereocenters. The first-order valence-electron chi connectivity index (χ1n) is 9.31. The van der Waals surface area contributed by atoms with Crippen molar-refractivity contribution in [1.29, 1.82) is 0 Å². The highest BCUT2D eigenvalue weighted by atomic mass is 32.2. The summed E-state index contributed by atoms with van der Waals surface area (Å²) in [6, 6.07) is 10.5. The van der Waals surface area contributed by atoms with Crippen LogP contribution < -0.4 is 10.6 Å². The van der Waals surface area contributed by atoms with Crippen LogP contribution in [0.4, 0.5) is 0 Å². The Labute approximate surface area is 157 Å². The van der Waals surface area contributed by atoms with Gasteiger partial charge < -0.3 is 20.4 Å². The molecule has 6 heteroatoms. The van der Waals surface area contributed by atoms with E-state index in [-0.39, 0.29) is 0 Å². The van der Waals surface area contributed by atoms with Crippen molar-refractivity contribution in [3.63, 3.8) is 0 Å². The first kappa shape index (κ1) is 20.1. The summed E-state index contributed by atoms with van der Waals surface area (Å²) >= 11 is 1.87. The van der Waals surface area contributed by atoms with Crippen LogP contribution in [0.1, 0.15) is 12.8 Å². The molecule has 0 aliphatic carbocycles. The van der Waals surface area contributed by atoms with E-state index in [1.165, 1.54) is 50.5 Å². The number of thioether (sulfide) groups is 1. The molecule has 1 saturated heterocycles. The van der Waals surface area contributed by atoms with Crippen molar-refractivity contribution in [3.05, 3.63) is 30.3 Å². The molecule has 25 heavy (non-hydrogen) atoms. The van der Waals surface area contributed by atoms with E-state index in [0.717, 1.165) is 24.8 Å². The van der Waals surface area contributed by atoms with Crippen molar-refractivity contribution >= 4 is 17.7 Å². The van der Waals surface area contributed by atoms with Crippen molar-refractivity contribution in [3.8, 4) is 0 Å². The topological polar surface area (TPSA) is 42.9 Å². The molecule has 1 fully saturated rings.